The third-order valence-electron chi connectivity index (χ3n) is 1.51. The minimum Gasteiger partial charge on any atom is -0.491 e. The normalized spacial score (nSPS) is 9.86. The monoisotopic (exact) mass is 278 g/mol. The Hall–Kier alpha value is -0.740. The van der Waals surface area contributed by atoms with E-state index in [2.05, 4.69) is 15.9 Å². The summed E-state index contributed by atoms with van der Waals surface area (Å²) in [5, 5.41) is 8.69. The topological polar surface area (TPSA) is 46.5 Å². The van der Waals surface area contributed by atoms with Gasteiger partial charge in [-0.25, -0.2) is 4.79 Å². The van der Waals surface area contributed by atoms with Crippen molar-refractivity contribution in [2.75, 3.05) is 12.5 Å². The summed E-state index contributed by atoms with van der Waals surface area (Å²) in [7, 11) is 0. The first-order valence-electron chi connectivity index (χ1n) is 3.86. The van der Waals surface area contributed by atoms with Gasteiger partial charge >= 0.3 is 5.97 Å². The van der Waals surface area contributed by atoms with Crippen LogP contribution < -0.4 is 4.74 Å². The number of carboxylic acid groups (broad SMARTS) is 1. The molecule has 0 heterocycles. The second kappa shape index (κ2) is 5.22. The summed E-state index contributed by atoms with van der Waals surface area (Å²) in [5.41, 5.74) is 0.218. The second-order valence-corrected chi connectivity index (χ2v) is 3.72. The Kier molecular flexibility index (Phi) is 4.22. The number of hydrogen-bond acceptors (Lipinski definition) is 2. The molecule has 14 heavy (non-hydrogen) atoms. The van der Waals surface area contributed by atoms with Gasteiger partial charge in [0, 0.05) is 0 Å². The van der Waals surface area contributed by atoms with Crippen LogP contribution in [0.25, 0.3) is 0 Å². The minimum absolute atomic E-state index is 0.218. The molecule has 5 heteroatoms. The van der Waals surface area contributed by atoms with E-state index in [1.54, 1.807) is 6.07 Å². The fraction of sp³-hybridized carbons (Fsp3) is 0.222. The van der Waals surface area contributed by atoms with Crippen LogP contribution in [-0.4, -0.2) is 23.6 Å². The van der Waals surface area contributed by atoms with E-state index in [1.165, 1.54) is 12.1 Å². The van der Waals surface area contributed by atoms with Crippen molar-refractivity contribution in [1.29, 1.82) is 0 Å². The number of hydrogen-bond donors (Lipinski definition) is 1. The van der Waals surface area contributed by atoms with Crippen LogP contribution in [0, 0.1) is 0 Å². The van der Waals surface area contributed by atoms with Crippen molar-refractivity contribution in [3.8, 4) is 5.75 Å². The van der Waals surface area contributed by atoms with Gasteiger partial charge in [-0.2, -0.15) is 0 Å². The van der Waals surface area contributed by atoms with Crippen LogP contribution in [0.3, 0.4) is 0 Å². The van der Waals surface area contributed by atoms with Crippen molar-refractivity contribution in [2.45, 2.75) is 0 Å². The average molecular weight is 280 g/mol. The molecule has 0 spiro atoms. The zero-order chi connectivity index (χ0) is 10.6. The number of ether oxygens (including phenoxy) is 1. The standard InChI is InChI=1S/C9H8BrClO3/c10-7-5-6(9(12)13)1-2-8(7)14-4-3-11/h1-2,5H,3-4H2,(H,12,13). The number of rotatable bonds is 4. The summed E-state index contributed by atoms with van der Waals surface area (Å²) in [6, 6.07) is 4.57. The Bertz CT molecular complexity index is 341. The molecular weight excluding hydrogens is 271 g/mol. The van der Waals surface area contributed by atoms with Crippen molar-refractivity contribution in [1.82, 2.24) is 0 Å². The zero-order valence-corrected chi connectivity index (χ0v) is 9.51. The first kappa shape index (κ1) is 11.3. The van der Waals surface area contributed by atoms with E-state index in [4.69, 9.17) is 21.4 Å². The second-order valence-electron chi connectivity index (χ2n) is 2.49. The highest BCUT2D eigenvalue weighted by molar-refractivity contribution is 9.10. The van der Waals surface area contributed by atoms with Gasteiger partial charge in [-0.3, -0.25) is 0 Å². The van der Waals surface area contributed by atoms with Crippen LogP contribution in [0.4, 0.5) is 0 Å². The lowest BCUT2D eigenvalue weighted by molar-refractivity contribution is 0.0697. The number of halogens is 2. The first-order valence-corrected chi connectivity index (χ1v) is 5.19. The maximum atomic E-state index is 10.6. The minimum atomic E-state index is -0.963. The molecule has 0 aliphatic heterocycles. The zero-order valence-electron chi connectivity index (χ0n) is 7.17. The van der Waals surface area contributed by atoms with Crippen LogP contribution in [0.2, 0.25) is 0 Å². The van der Waals surface area contributed by atoms with Crippen LogP contribution in [0.15, 0.2) is 22.7 Å². The van der Waals surface area contributed by atoms with Crippen LogP contribution >= 0.6 is 27.5 Å². The third kappa shape index (κ3) is 2.89. The lowest BCUT2D eigenvalue weighted by atomic mass is 10.2. The highest BCUT2D eigenvalue weighted by Crippen LogP contribution is 2.25. The highest BCUT2D eigenvalue weighted by atomic mass is 79.9. The van der Waals surface area contributed by atoms with Crippen LogP contribution in [0.5, 0.6) is 5.75 Å². The average Bonchev–Trinajstić information content (AvgIpc) is 2.15. The fourth-order valence-corrected chi connectivity index (χ4v) is 1.47. The first-order chi connectivity index (χ1) is 6.65. The Morgan fingerprint density at radius 3 is 2.79 bits per heavy atom. The lowest BCUT2D eigenvalue weighted by Gasteiger charge is -2.06. The molecule has 0 saturated heterocycles. The van der Waals surface area contributed by atoms with Gasteiger partial charge in [0.2, 0.25) is 0 Å². The molecule has 0 aliphatic rings. The van der Waals surface area contributed by atoms with E-state index in [0.717, 1.165) is 0 Å². The Labute approximate surface area is 94.8 Å². The van der Waals surface area contributed by atoms with Gasteiger partial charge in [0.05, 0.1) is 15.9 Å². The molecule has 0 atom stereocenters. The van der Waals surface area contributed by atoms with Gasteiger partial charge < -0.3 is 9.84 Å². The largest absolute Gasteiger partial charge is 0.491 e. The van der Waals surface area contributed by atoms with Gasteiger partial charge in [-0.15, -0.1) is 11.6 Å². The molecule has 0 aromatic heterocycles. The lowest BCUT2D eigenvalue weighted by Crippen LogP contribution is -2.00. The fourth-order valence-electron chi connectivity index (χ4n) is 0.899. The molecule has 0 amide bonds. The predicted octanol–water partition coefficient (Wildman–Crippen LogP) is 2.76. The quantitative estimate of drug-likeness (QED) is 0.862. The van der Waals surface area contributed by atoms with Gasteiger partial charge in [0.25, 0.3) is 0 Å². The third-order valence-corrected chi connectivity index (χ3v) is 2.29. The van der Waals surface area contributed by atoms with Crippen molar-refractivity contribution in [3.05, 3.63) is 28.2 Å². The molecule has 1 rings (SSSR count). The van der Waals surface area contributed by atoms with Gasteiger partial charge in [-0.05, 0) is 34.1 Å². The van der Waals surface area contributed by atoms with Gasteiger partial charge in [0.15, 0.2) is 0 Å². The van der Waals surface area contributed by atoms with Crippen LogP contribution in [0.1, 0.15) is 10.4 Å². The number of alkyl halides is 1. The van der Waals surface area contributed by atoms with Crippen molar-refractivity contribution in [2.24, 2.45) is 0 Å². The molecule has 1 aromatic carbocycles. The molecule has 0 bridgehead atoms. The molecular formula is C9H8BrClO3. The molecule has 0 saturated carbocycles. The highest BCUT2D eigenvalue weighted by Gasteiger charge is 2.06. The Morgan fingerprint density at radius 2 is 2.29 bits per heavy atom. The van der Waals surface area contributed by atoms with Gasteiger partial charge in [0.1, 0.15) is 12.4 Å². The molecule has 0 radical (unpaired) electrons. The molecule has 76 valence electrons. The van der Waals surface area contributed by atoms with Crippen molar-refractivity contribution < 1.29 is 14.6 Å². The molecule has 0 aliphatic carbocycles. The molecule has 0 fully saturated rings. The number of carbonyl (C=O) groups is 1. The summed E-state index contributed by atoms with van der Waals surface area (Å²) in [6.07, 6.45) is 0. The van der Waals surface area contributed by atoms with E-state index < -0.39 is 5.97 Å². The summed E-state index contributed by atoms with van der Waals surface area (Å²) in [6.45, 7) is 0.395. The Balaban J connectivity index is 2.84. The number of benzene rings is 1. The molecule has 1 aromatic rings. The van der Waals surface area contributed by atoms with E-state index >= 15 is 0 Å². The Morgan fingerprint density at radius 1 is 1.57 bits per heavy atom. The smallest absolute Gasteiger partial charge is 0.335 e. The maximum absolute atomic E-state index is 10.6. The molecule has 1 N–H and O–H groups in total. The van der Waals surface area contributed by atoms with E-state index in [0.29, 0.717) is 22.7 Å². The van der Waals surface area contributed by atoms with Crippen molar-refractivity contribution in [3.63, 3.8) is 0 Å². The summed E-state index contributed by atoms with van der Waals surface area (Å²) >= 11 is 8.67. The maximum Gasteiger partial charge on any atom is 0.335 e. The summed E-state index contributed by atoms with van der Waals surface area (Å²) in [5.74, 6) is 0.0258. The number of carboxylic acids is 1. The van der Waals surface area contributed by atoms with Gasteiger partial charge in [-0.1, -0.05) is 0 Å². The SMILES string of the molecule is O=C(O)c1ccc(OCCCl)c(Br)c1. The van der Waals surface area contributed by atoms with E-state index in [-0.39, 0.29) is 5.56 Å². The van der Waals surface area contributed by atoms with Crippen molar-refractivity contribution >= 4 is 33.5 Å². The summed E-state index contributed by atoms with van der Waals surface area (Å²) in [4.78, 5) is 10.6. The predicted molar refractivity (Wildman–Crippen MR) is 57.3 cm³/mol. The molecule has 0 unspecified atom stereocenters. The van der Waals surface area contributed by atoms with E-state index in [9.17, 15) is 4.79 Å². The number of aromatic carboxylic acids is 1. The van der Waals surface area contributed by atoms with Crippen LogP contribution in [-0.2, 0) is 0 Å². The van der Waals surface area contributed by atoms with E-state index in [1.807, 2.05) is 0 Å². The molecule has 3 nitrogen and oxygen atoms in total. The summed E-state index contributed by atoms with van der Waals surface area (Å²) < 4.78 is 5.86.